The van der Waals surface area contributed by atoms with Gasteiger partial charge in [0.15, 0.2) is 0 Å². The summed E-state index contributed by atoms with van der Waals surface area (Å²) in [6.07, 6.45) is 4.50. The van der Waals surface area contributed by atoms with E-state index in [1.807, 2.05) is 18.2 Å². The van der Waals surface area contributed by atoms with Crippen molar-refractivity contribution in [2.75, 3.05) is 36.4 Å². The van der Waals surface area contributed by atoms with Crippen LogP contribution in [0.4, 0.5) is 11.4 Å². The highest BCUT2D eigenvalue weighted by molar-refractivity contribution is 6.02. The predicted octanol–water partition coefficient (Wildman–Crippen LogP) is 1.14. The summed E-state index contributed by atoms with van der Waals surface area (Å²) < 4.78 is 0. The number of benzene rings is 1. The Labute approximate surface area is 123 Å². The maximum atomic E-state index is 12.1. The quantitative estimate of drug-likeness (QED) is 0.884. The number of piperazine rings is 1. The molecular weight excluding hydrogens is 266 g/mol. The van der Waals surface area contributed by atoms with Gasteiger partial charge in [-0.15, -0.1) is 0 Å². The van der Waals surface area contributed by atoms with Crippen LogP contribution in [0.25, 0.3) is 0 Å². The molecule has 1 fully saturated rings. The Morgan fingerprint density at radius 1 is 1.24 bits per heavy atom. The number of anilines is 2. The number of carbonyl (C=O) groups is 1. The zero-order valence-electron chi connectivity index (χ0n) is 11.6. The molecule has 0 saturated carbocycles. The van der Waals surface area contributed by atoms with Crippen molar-refractivity contribution in [1.29, 1.82) is 0 Å². The second kappa shape index (κ2) is 6.32. The van der Waals surface area contributed by atoms with Gasteiger partial charge in [0.25, 0.3) is 5.91 Å². The molecule has 1 aliphatic heterocycles. The number of rotatable bonds is 3. The summed E-state index contributed by atoms with van der Waals surface area (Å²) in [6, 6.07) is 7.87. The zero-order valence-corrected chi connectivity index (χ0v) is 11.6. The Morgan fingerprint density at radius 2 is 2.10 bits per heavy atom. The van der Waals surface area contributed by atoms with Crippen molar-refractivity contribution < 1.29 is 4.79 Å². The maximum absolute atomic E-state index is 12.1. The van der Waals surface area contributed by atoms with Gasteiger partial charge in [0.1, 0.15) is 5.69 Å². The molecule has 0 radical (unpaired) electrons. The first-order valence-electron chi connectivity index (χ1n) is 6.96. The summed E-state index contributed by atoms with van der Waals surface area (Å²) in [5.41, 5.74) is 2.19. The molecule has 6 heteroatoms. The Balaban J connectivity index is 1.72. The molecule has 1 amide bonds. The fraction of sp³-hybridized carbons (Fsp3) is 0.267. The summed E-state index contributed by atoms with van der Waals surface area (Å²) in [5, 5.41) is 6.18. The number of amides is 1. The second-order valence-electron chi connectivity index (χ2n) is 4.83. The average Bonchev–Trinajstić information content (AvgIpc) is 2.57. The molecule has 2 aromatic rings. The lowest BCUT2D eigenvalue weighted by Gasteiger charge is -2.29. The molecule has 108 valence electrons. The number of nitrogens with zero attached hydrogens (tertiary/aromatic N) is 3. The normalized spacial score (nSPS) is 14.8. The van der Waals surface area contributed by atoms with Crippen LogP contribution in [0, 0.1) is 0 Å². The van der Waals surface area contributed by atoms with Crippen LogP contribution in [0.3, 0.4) is 0 Å². The van der Waals surface area contributed by atoms with Crippen LogP contribution >= 0.6 is 0 Å². The van der Waals surface area contributed by atoms with E-state index >= 15 is 0 Å². The van der Waals surface area contributed by atoms with E-state index in [4.69, 9.17) is 0 Å². The zero-order chi connectivity index (χ0) is 14.5. The van der Waals surface area contributed by atoms with Crippen molar-refractivity contribution in [1.82, 2.24) is 15.3 Å². The minimum atomic E-state index is -0.249. The number of aromatic nitrogens is 2. The smallest absolute Gasteiger partial charge is 0.275 e. The Kier molecular flexibility index (Phi) is 4.07. The predicted molar refractivity (Wildman–Crippen MR) is 81.5 cm³/mol. The third-order valence-corrected chi connectivity index (χ3v) is 3.38. The van der Waals surface area contributed by atoms with Crippen molar-refractivity contribution in [3.8, 4) is 0 Å². The van der Waals surface area contributed by atoms with Gasteiger partial charge in [0, 0.05) is 49.9 Å². The van der Waals surface area contributed by atoms with Crippen molar-refractivity contribution in [3.63, 3.8) is 0 Å². The molecule has 6 nitrogen and oxygen atoms in total. The third kappa shape index (κ3) is 3.35. The lowest BCUT2D eigenvalue weighted by molar-refractivity contribution is 0.102. The van der Waals surface area contributed by atoms with Gasteiger partial charge < -0.3 is 15.5 Å². The molecule has 1 aliphatic rings. The maximum Gasteiger partial charge on any atom is 0.275 e. The minimum Gasteiger partial charge on any atom is -0.369 e. The number of nitrogens with one attached hydrogen (secondary N) is 2. The standard InChI is InChI=1S/C15H17N5O/c21-15(14-11-17-4-5-18-14)19-12-2-1-3-13(10-12)20-8-6-16-7-9-20/h1-5,10-11,16H,6-9H2,(H,19,21). The van der Waals surface area contributed by atoms with Crippen LogP contribution in [0.5, 0.6) is 0 Å². The van der Waals surface area contributed by atoms with Crippen LogP contribution < -0.4 is 15.5 Å². The van der Waals surface area contributed by atoms with Crippen LogP contribution in [0.1, 0.15) is 10.5 Å². The largest absolute Gasteiger partial charge is 0.369 e. The molecule has 0 bridgehead atoms. The lowest BCUT2D eigenvalue weighted by atomic mass is 10.2. The molecule has 2 heterocycles. The molecule has 2 N–H and O–H groups in total. The molecule has 3 rings (SSSR count). The Bertz CT molecular complexity index is 610. The highest BCUT2D eigenvalue weighted by Crippen LogP contribution is 2.20. The topological polar surface area (TPSA) is 70.2 Å². The molecule has 0 spiro atoms. The SMILES string of the molecule is O=C(Nc1cccc(N2CCNCC2)c1)c1cnccn1. The van der Waals surface area contributed by atoms with E-state index < -0.39 is 0 Å². The minimum absolute atomic E-state index is 0.249. The van der Waals surface area contributed by atoms with E-state index in [1.54, 1.807) is 6.20 Å². The number of hydrogen-bond acceptors (Lipinski definition) is 5. The van der Waals surface area contributed by atoms with Gasteiger partial charge >= 0.3 is 0 Å². The van der Waals surface area contributed by atoms with Crippen molar-refractivity contribution in [2.24, 2.45) is 0 Å². The van der Waals surface area contributed by atoms with E-state index in [0.29, 0.717) is 5.69 Å². The molecule has 1 saturated heterocycles. The number of carbonyl (C=O) groups excluding carboxylic acids is 1. The van der Waals surface area contributed by atoms with Gasteiger partial charge in [0.05, 0.1) is 6.20 Å². The van der Waals surface area contributed by atoms with Gasteiger partial charge in [-0.1, -0.05) is 6.07 Å². The van der Waals surface area contributed by atoms with Crippen LogP contribution in [0.15, 0.2) is 42.9 Å². The number of hydrogen-bond donors (Lipinski definition) is 2. The highest BCUT2D eigenvalue weighted by atomic mass is 16.1. The van der Waals surface area contributed by atoms with Crippen molar-refractivity contribution >= 4 is 17.3 Å². The molecule has 1 aromatic heterocycles. The lowest BCUT2D eigenvalue weighted by Crippen LogP contribution is -2.43. The van der Waals surface area contributed by atoms with E-state index in [1.165, 1.54) is 12.4 Å². The summed E-state index contributed by atoms with van der Waals surface area (Å²) in [5.74, 6) is -0.249. The van der Waals surface area contributed by atoms with Crippen molar-refractivity contribution in [3.05, 3.63) is 48.5 Å². The monoisotopic (exact) mass is 283 g/mol. The van der Waals surface area contributed by atoms with E-state index in [9.17, 15) is 4.79 Å². The molecule has 0 aliphatic carbocycles. The van der Waals surface area contributed by atoms with Gasteiger partial charge in [-0.3, -0.25) is 9.78 Å². The van der Waals surface area contributed by atoms with Gasteiger partial charge in [-0.25, -0.2) is 4.98 Å². The molecule has 0 atom stereocenters. The summed E-state index contributed by atoms with van der Waals surface area (Å²) >= 11 is 0. The first-order valence-corrected chi connectivity index (χ1v) is 6.96. The summed E-state index contributed by atoms with van der Waals surface area (Å²) in [6.45, 7) is 3.91. The summed E-state index contributed by atoms with van der Waals surface area (Å²) in [4.78, 5) is 22.3. The fourth-order valence-electron chi connectivity index (χ4n) is 2.31. The fourth-order valence-corrected chi connectivity index (χ4v) is 2.31. The van der Waals surface area contributed by atoms with E-state index in [-0.39, 0.29) is 5.91 Å². The molecule has 0 unspecified atom stereocenters. The summed E-state index contributed by atoms with van der Waals surface area (Å²) in [7, 11) is 0. The average molecular weight is 283 g/mol. The second-order valence-corrected chi connectivity index (χ2v) is 4.83. The molecule has 1 aromatic carbocycles. The highest BCUT2D eigenvalue weighted by Gasteiger charge is 2.12. The van der Waals surface area contributed by atoms with Crippen molar-refractivity contribution in [2.45, 2.75) is 0 Å². The molecular formula is C15H17N5O. The van der Waals surface area contributed by atoms with E-state index in [2.05, 4.69) is 31.6 Å². The first-order chi connectivity index (χ1) is 10.3. The van der Waals surface area contributed by atoms with Gasteiger partial charge in [0.2, 0.25) is 0 Å². The van der Waals surface area contributed by atoms with Gasteiger partial charge in [-0.05, 0) is 18.2 Å². The Hall–Kier alpha value is -2.47. The van der Waals surface area contributed by atoms with Crippen LogP contribution in [0.2, 0.25) is 0 Å². The van der Waals surface area contributed by atoms with Gasteiger partial charge in [-0.2, -0.15) is 0 Å². The van der Waals surface area contributed by atoms with Crippen LogP contribution in [-0.4, -0.2) is 42.1 Å². The third-order valence-electron chi connectivity index (χ3n) is 3.38. The van der Waals surface area contributed by atoms with E-state index in [0.717, 1.165) is 37.6 Å². The molecule has 21 heavy (non-hydrogen) atoms. The Morgan fingerprint density at radius 3 is 2.86 bits per heavy atom. The van der Waals surface area contributed by atoms with Crippen LogP contribution in [-0.2, 0) is 0 Å². The first kappa shape index (κ1) is 13.5.